The molecule has 0 radical (unpaired) electrons. The number of fused-ring (bicyclic) bond motifs is 1. The zero-order chi connectivity index (χ0) is 15.0. The first kappa shape index (κ1) is 14.2. The van der Waals surface area contributed by atoms with Gasteiger partial charge in [0.15, 0.2) is 11.5 Å². The lowest BCUT2D eigenvalue weighted by Gasteiger charge is -2.45. The molecule has 1 aromatic carbocycles. The number of oxazole rings is 1. The van der Waals surface area contributed by atoms with Gasteiger partial charge in [-0.25, -0.2) is 4.98 Å². The first-order valence-corrected chi connectivity index (χ1v) is 8.04. The predicted molar refractivity (Wildman–Crippen MR) is 82.8 cm³/mol. The second-order valence-corrected chi connectivity index (χ2v) is 6.75. The van der Waals surface area contributed by atoms with Crippen LogP contribution in [0.4, 0.5) is 0 Å². The number of aromatic nitrogens is 1. The van der Waals surface area contributed by atoms with Gasteiger partial charge in [-0.05, 0) is 31.5 Å². The van der Waals surface area contributed by atoms with Crippen LogP contribution in [0.2, 0.25) is 0 Å². The SMILES string of the molecule is OCC1(CN2CCCC(c3nc4ccccc4o3)C2)COC1. The van der Waals surface area contributed by atoms with Crippen LogP contribution >= 0.6 is 0 Å². The van der Waals surface area contributed by atoms with Crippen molar-refractivity contribution in [3.05, 3.63) is 30.2 Å². The molecule has 2 aliphatic rings. The smallest absolute Gasteiger partial charge is 0.199 e. The van der Waals surface area contributed by atoms with Crippen LogP contribution in [0.5, 0.6) is 0 Å². The Morgan fingerprint density at radius 1 is 1.32 bits per heavy atom. The number of nitrogens with zero attached hydrogens (tertiary/aromatic N) is 2. The Labute approximate surface area is 129 Å². The van der Waals surface area contributed by atoms with Crippen molar-refractivity contribution in [3.63, 3.8) is 0 Å². The van der Waals surface area contributed by atoms with E-state index in [1.165, 1.54) is 0 Å². The zero-order valence-corrected chi connectivity index (χ0v) is 12.7. The summed E-state index contributed by atoms with van der Waals surface area (Å²) in [5, 5.41) is 9.61. The summed E-state index contributed by atoms with van der Waals surface area (Å²) < 4.78 is 11.2. The van der Waals surface area contributed by atoms with Gasteiger partial charge in [-0.15, -0.1) is 0 Å². The summed E-state index contributed by atoms with van der Waals surface area (Å²) in [7, 11) is 0. The minimum absolute atomic E-state index is 0.0524. The molecule has 1 unspecified atom stereocenters. The van der Waals surface area contributed by atoms with Gasteiger partial charge in [-0.2, -0.15) is 0 Å². The van der Waals surface area contributed by atoms with Crippen LogP contribution in [0, 0.1) is 5.41 Å². The van der Waals surface area contributed by atoms with Crippen molar-refractivity contribution in [2.45, 2.75) is 18.8 Å². The Balaban J connectivity index is 1.48. The average Bonchev–Trinajstić information content (AvgIpc) is 2.95. The van der Waals surface area contributed by atoms with Crippen molar-refractivity contribution in [1.29, 1.82) is 0 Å². The topological polar surface area (TPSA) is 58.7 Å². The number of aliphatic hydroxyl groups is 1. The standard InChI is InChI=1S/C17H22N2O3/c20-10-17(11-21-12-17)9-19-7-3-4-13(8-19)16-18-14-5-1-2-6-15(14)22-16/h1-2,5-6,13,20H,3-4,7-12H2. The highest BCUT2D eigenvalue weighted by Crippen LogP contribution is 2.33. The molecule has 1 atom stereocenters. The second-order valence-electron chi connectivity index (χ2n) is 6.75. The maximum Gasteiger partial charge on any atom is 0.199 e. The second kappa shape index (κ2) is 5.65. The van der Waals surface area contributed by atoms with Crippen LogP contribution in [0.3, 0.4) is 0 Å². The van der Waals surface area contributed by atoms with E-state index in [0.717, 1.165) is 49.5 Å². The molecule has 5 heteroatoms. The molecule has 0 aliphatic carbocycles. The quantitative estimate of drug-likeness (QED) is 0.936. The van der Waals surface area contributed by atoms with Crippen LogP contribution in [0.25, 0.3) is 11.1 Å². The van der Waals surface area contributed by atoms with Crippen LogP contribution in [-0.4, -0.2) is 54.4 Å². The van der Waals surface area contributed by atoms with Gasteiger partial charge in [0, 0.05) is 19.0 Å². The van der Waals surface area contributed by atoms with Crippen molar-refractivity contribution in [2.75, 3.05) is 39.5 Å². The number of rotatable bonds is 4. The van der Waals surface area contributed by atoms with E-state index in [2.05, 4.69) is 9.88 Å². The number of piperidine rings is 1. The molecule has 3 heterocycles. The lowest BCUT2D eigenvalue weighted by Crippen LogP contribution is -2.54. The summed E-state index contributed by atoms with van der Waals surface area (Å²) in [5.41, 5.74) is 1.76. The largest absolute Gasteiger partial charge is 0.440 e. The highest BCUT2D eigenvalue weighted by atomic mass is 16.5. The molecule has 0 spiro atoms. The van der Waals surface area contributed by atoms with Gasteiger partial charge in [0.25, 0.3) is 0 Å². The van der Waals surface area contributed by atoms with Gasteiger partial charge in [-0.3, -0.25) is 0 Å². The number of aliphatic hydroxyl groups excluding tert-OH is 1. The molecule has 2 aliphatic heterocycles. The minimum atomic E-state index is -0.0524. The first-order valence-electron chi connectivity index (χ1n) is 8.04. The van der Waals surface area contributed by atoms with Crippen LogP contribution < -0.4 is 0 Å². The number of para-hydroxylation sites is 2. The fraction of sp³-hybridized carbons (Fsp3) is 0.588. The number of hydrogen-bond acceptors (Lipinski definition) is 5. The molecule has 2 fully saturated rings. The fourth-order valence-corrected chi connectivity index (χ4v) is 3.56. The Kier molecular flexibility index (Phi) is 3.64. The summed E-state index contributed by atoms with van der Waals surface area (Å²) in [6.07, 6.45) is 2.26. The molecule has 22 heavy (non-hydrogen) atoms. The molecule has 2 saturated heterocycles. The Hall–Kier alpha value is -1.43. The molecule has 2 aromatic rings. The van der Waals surface area contributed by atoms with Gasteiger partial charge < -0.3 is 19.2 Å². The predicted octanol–water partition coefficient (Wildman–Crippen LogP) is 2.02. The molecule has 118 valence electrons. The lowest BCUT2D eigenvalue weighted by molar-refractivity contribution is -0.150. The van der Waals surface area contributed by atoms with Gasteiger partial charge in [0.05, 0.1) is 25.2 Å². The van der Waals surface area contributed by atoms with Crippen LogP contribution in [0.1, 0.15) is 24.7 Å². The molecule has 0 saturated carbocycles. The Morgan fingerprint density at radius 2 is 2.18 bits per heavy atom. The maximum absolute atomic E-state index is 9.61. The summed E-state index contributed by atoms with van der Waals surface area (Å²) in [4.78, 5) is 7.09. The summed E-state index contributed by atoms with van der Waals surface area (Å²) >= 11 is 0. The number of hydrogen-bond donors (Lipinski definition) is 1. The van der Waals surface area contributed by atoms with Crippen molar-refractivity contribution in [3.8, 4) is 0 Å². The van der Waals surface area contributed by atoms with Crippen LogP contribution in [0.15, 0.2) is 28.7 Å². The molecule has 1 aromatic heterocycles. The van der Waals surface area contributed by atoms with Crippen LogP contribution in [-0.2, 0) is 4.74 Å². The van der Waals surface area contributed by atoms with Crippen molar-refractivity contribution in [1.82, 2.24) is 9.88 Å². The third kappa shape index (κ3) is 2.53. The maximum atomic E-state index is 9.61. The summed E-state index contributed by atoms with van der Waals surface area (Å²) in [5.74, 6) is 1.20. The molecule has 4 rings (SSSR count). The lowest BCUT2D eigenvalue weighted by atomic mass is 9.85. The molecular formula is C17H22N2O3. The van der Waals surface area contributed by atoms with Crippen molar-refractivity contribution in [2.24, 2.45) is 5.41 Å². The Bertz CT molecular complexity index is 612. The summed E-state index contributed by atoms with van der Waals surface area (Å²) in [6.45, 7) is 4.49. The van der Waals surface area contributed by atoms with Gasteiger partial charge >= 0.3 is 0 Å². The third-order valence-corrected chi connectivity index (χ3v) is 4.88. The van der Waals surface area contributed by atoms with E-state index in [-0.39, 0.29) is 12.0 Å². The van der Waals surface area contributed by atoms with E-state index in [1.54, 1.807) is 0 Å². The van der Waals surface area contributed by atoms with E-state index in [0.29, 0.717) is 19.1 Å². The highest BCUT2D eigenvalue weighted by Gasteiger charge is 2.40. The van der Waals surface area contributed by atoms with Crippen molar-refractivity contribution < 1.29 is 14.3 Å². The van der Waals surface area contributed by atoms with E-state index < -0.39 is 0 Å². The molecular weight excluding hydrogens is 280 g/mol. The van der Waals surface area contributed by atoms with Gasteiger partial charge in [-0.1, -0.05) is 12.1 Å². The normalized spacial score (nSPS) is 25.2. The van der Waals surface area contributed by atoms with E-state index >= 15 is 0 Å². The van der Waals surface area contributed by atoms with Gasteiger partial charge in [0.1, 0.15) is 5.52 Å². The molecule has 0 bridgehead atoms. The average molecular weight is 302 g/mol. The molecule has 0 amide bonds. The zero-order valence-electron chi connectivity index (χ0n) is 12.7. The third-order valence-electron chi connectivity index (χ3n) is 4.88. The molecule has 1 N–H and O–H groups in total. The highest BCUT2D eigenvalue weighted by molar-refractivity contribution is 5.72. The summed E-state index contributed by atoms with van der Waals surface area (Å²) in [6, 6.07) is 7.93. The van der Waals surface area contributed by atoms with E-state index in [9.17, 15) is 5.11 Å². The number of likely N-dealkylation sites (tertiary alicyclic amines) is 1. The number of benzene rings is 1. The fourth-order valence-electron chi connectivity index (χ4n) is 3.56. The first-order chi connectivity index (χ1) is 10.8. The molecule has 5 nitrogen and oxygen atoms in total. The van der Waals surface area contributed by atoms with E-state index in [1.807, 2.05) is 24.3 Å². The Morgan fingerprint density at radius 3 is 2.91 bits per heavy atom. The number of ether oxygens (including phenoxy) is 1. The minimum Gasteiger partial charge on any atom is -0.440 e. The van der Waals surface area contributed by atoms with Gasteiger partial charge in [0.2, 0.25) is 0 Å². The van der Waals surface area contributed by atoms with Crippen molar-refractivity contribution >= 4 is 11.1 Å². The van der Waals surface area contributed by atoms with E-state index in [4.69, 9.17) is 9.15 Å². The monoisotopic (exact) mass is 302 g/mol.